The van der Waals surface area contributed by atoms with Crippen LogP contribution in [-0.4, -0.2) is 36.7 Å². The zero-order valence-electron chi connectivity index (χ0n) is 13.7. The van der Waals surface area contributed by atoms with Gasteiger partial charge in [0.15, 0.2) is 4.90 Å². The Bertz CT molecular complexity index is 806. The van der Waals surface area contributed by atoms with Gasteiger partial charge in [-0.15, -0.1) is 0 Å². The van der Waals surface area contributed by atoms with Crippen molar-refractivity contribution in [3.05, 3.63) is 27.0 Å². The zero-order valence-corrected chi connectivity index (χ0v) is 14.5. The van der Waals surface area contributed by atoms with Crippen LogP contribution >= 0.6 is 0 Å². The van der Waals surface area contributed by atoms with Gasteiger partial charge in [0.2, 0.25) is 10.0 Å². The van der Waals surface area contributed by atoms with Crippen LogP contribution in [0.25, 0.3) is 0 Å². The first kappa shape index (κ1) is 19.1. The first-order valence-corrected chi connectivity index (χ1v) is 8.36. The fourth-order valence-electron chi connectivity index (χ4n) is 2.02. The van der Waals surface area contributed by atoms with Crippen molar-refractivity contribution in [3.63, 3.8) is 0 Å². The number of esters is 1. The molecule has 9 nitrogen and oxygen atoms in total. The molecule has 1 aromatic rings. The zero-order chi connectivity index (χ0) is 17.9. The van der Waals surface area contributed by atoms with E-state index in [4.69, 9.17) is 0 Å². The Morgan fingerprint density at radius 3 is 2.35 bits per heavy atom. The normalized spacial score (nSPS) is 13.1. The molecule has 0 spiro atoms. The first-order valence-electron chi connectivity index (χ1n) is 6.88. The summed E-state index contributed by atoms with van der Waals surface area (Å²) >= 11 is 0. The predicted molar refractivity (Wildman–Crippen MR) is 82.5 cm³/mol. The molecule has 1 atom stereocenters. The number of nitrogens with zero attached hydrogens (tertiary/aromatic N) is 2. The second-order valence-electron chi connectivity index (χ2n) is 5.58. The van der Waals surface area contributed by atoms with Crippen molar-refractivity contribution in [2.75, 3.05) is 7.11 Å². The van der Waals surface area contributed by atoms with Crippen LogP contribution in [0.5, 0.6) is 0 Å². The molecule has 130 valence electrons. The summed E-state index contributed by atoms with van der Waals surface area (Å²) < 4.78 is 33.3. The Labute approximate surface area is 133 Å². The van der Waals surface area contributed by atoms with Gasteiger partial charge in [-0.25, -0.2) is 13.2 Å². The molecule has 1 aromatic heterocycles. The molecule has 0 bridgehead atoms. The van der Waals surface area contributed by atoms with Crippen molar-refractivity contribution >= 4 is 16.0 Å². The van der Waals surface area contributed by atoms with E-state index >= 15 is 0 Å². The van der Waals surface area contributed by atoms with Gasteiger partial charge in [0.25, 0.3) is 5.56 Å². The van der Waals surface area contributed by atoms with Crippen LogP contribution in [0.3, 0.4) is 0 Å². The number of hydrogen-bond acceptors (Lipinski definition) is 6. The summed E-state index contributed by atoms with van der Waals surface area (Å²) in [6, 6.07) is -1.12. The molecule has 0 aromatic carbocycles. The van der Waals surface area contributed by atoms with Crippen molar-refractivity contribution in [1.82, 2.24) is 13.9 Å². The molecule has 10 heteroatoms. The lowest BCUT2D eigenvalue weighted by Gasteiger charge is -2.18. The summed E-state index contributed by atoms with van der Waals surface area (Å²) in [5.74, 6) is -0.728. The second kappa shape index (κ2) is 7.09. The van der Waals surface area contributed by atoms with Gasteiger partial charge in [-0.3, -0.25) is 14.2 Å². The van der Waals surface area contributed by atoms with E-state index in [1.54, 1.807) is 0 Å². The largest absolute Gasteiger partial charge is 0.468 e. The number of nitrogens with one attached hydrogen (secondary N) is 1. The molecule has 0 saturated carbocycles. The van der Waals surface area contributed by atoms with Gasteiger partial charge < -0.3 is 9.30 Å². The van der Waals surface area contributed by atoms with Gasteiger partial charge in [0, 0.05) is 20.3 Å². The van der Waals surface area contributed by atoms with E-state index in [0.717, 1.165) is 17.9 Å². The molecule has 23 heavy (non-hydrogen) atoms. The topological polar surface area (TPSA) is 116 Å². The Kier molecular flexibility index (Phi) is 5.89. The SMILES string of the molecule is COC(=O)C(CC(C)C)NS(=O)(=O)c1cn(C)c(=O)n(C)c1=O. The van der Waals surface area contributed by atoms with Crippen molar-refractivity contribution in [2.45, 2.75) is 31.2 Å². The van der Waals surface area contributed by atoms with Gasteiger partial charge in [-0.1, -0.05) is 13.8 Å². The second-order valence-corrected chi connectivity index (χ2v) is 7.26. The number of rotatable bonds is 6. The van der Waals surface area contributed by atoms with Crippen LogP contribution in [0.2, 0.25) is 0 Å². The average molecular weight is 347 g/mol. The highest BCUT2D eigenvalue weighted by Gasteiger charge is 2.29. The van der Waals surface area contributed by atoms with E-state index < -0.39 is 38.2 Å². The van der Waals surface area contributed by atoms with Crippen LogP contribution in [0.1, 0.15) is 20.3 Å². The molecule has 0 aliphatic rings. The molecule has 0 saturated heterocycles. The number of carbonyl (C=O) groups is 1. The minimum atomic E-state index is -4.30. The first-order chi connectivity index (χ1) is 10.5. The predicted octanol–water partition coefficient (Wildman–Crippen LogP) is -1.05. The fourth-order valence-corrected chi connectivity index (χ4v) is 3.37. The van der Waals surface area contributed by atoms with Gasteiger partial charge in [0.1, 0.15) is 6.04 Å². The number of sulfonamides is 1. The van der Waals surface area contributed by atoms with E-state index in [2.05, 4.69) is 9.46 Å². The van der Waals surface area contributed by atoms with Crippen LogP contribution in [0.15, 0.2) is 20.7 Å². The van der Waals surface area contributed by atoms with Gasteiger partial charge in [-0.05, 0) is 12.3 Å². The highest BCUT2D eigenvalue weighted by molar-refractivity contribution is 7.89. The number of ether oxygens (including phenoxy) is 1. The third-order valence-electron chi connectivity index (χ3n) is 3.19. The highest BCUT2D eigenvalue weighted by Crippen LogP contribution is 2.10. The standard InChI is InChI=1S/C13H21N3O6S/c1-8(2)6-9(12(18)22-5)14-23(20,21)10-7-15(3)13(19)16(4)11(10)17/h7-9,14H,6H2,1-5H3. The molecule has 0 amide bonds. The molecular weight excluding hydrogens is 326 g/mol. The van der Waals surface area contributed by atoms with Crippen molar-refractivity contribution in [1.29, 1.82) is 0 Å². The molecule has 0 aliphatic heterocycles. The fraction of sp³-hybridized carbons (Fsp3) is 0.615. The molecule has 1 N–H and O–H groups in total. The summed E-state index contributed by atoms with van der Waals surface area (Å²) in [7, 11) is -0.646. The third kappa shape index (κ3) is 4.29. The van der Waals surface area contributed by atoms with Crippen LogP contribution in [-0.2, 0) is 33.7 Å². The van der Waals surface area contributed by atoms with E-state index in [1.165, 1.54) is 14.1 Å². The van der Waals surface area contributed by atoms with Gasteiger partial charge >= 0.3 is 11.7 Å². The molecule has 1 rings (SSSR count). The summed E-state index contributed by atoms with van der Waals surface area (Å²) in [5.41, 5.74) is -1.62. The third-order valence-corrected chi connectivity index (χ3v) is 4.65. The summed E-state index contributed by atoms with van der Waals surface area (Å²) in [5, 5.41) is 0. The molecule has 0 aliphatic carbocycles. The Morgan fingerprint density at radius 1 is 1.30 bits per heavy atom. The van der Waals surface area contributed by atoms with Crippen LogP contribution < -0.4 is 16.0 Å². The monoisotopic (exact) mass is 347 g/mol. The number of hydrogen-bond donors (Lipinski definition) is 1. The maximum atomic E-state index is 12.4. The van der Waals surface area contributed by atoms with Gasteiger partial charge in [0.05, 0.1) is 7.11 Å². The molecule has 0 fully saturated rings. The number of aromatic nitrogens is 2. The maximum Gasteiger partial charge on any atom is 0.330 e. The summed E-state index contributed by atoms with van der Waals surface area (Å²) in [6.45, 7) is 3.63. The Hall–Kier alpha value is -1.94. The molecule has 0 radical (unpaired) electrons. The lowest BCUT2D eigenvalue weighted by atomic mass is 10.1. The average Bonchev–Trinajstić information content (AvgIpc) is 2.46. The summed E-state index contributed by atoms with van der Waals surface area (Å²) in [6.07, 6.45) is 1.13. The quantitative estimate of drug-likeness (QED) is 0.656. The Balaban J connectivity index is 3.34. The van der Waals surface area contributed by atoms with E-state index in [0.29, 0.717) is 4.57 Å². The minimum Gasteiger partial charge on any atom is -0.468 e. The van der Waals surface area contributed by atoms with E-state index in [9.17, 15) is 22.8 Å². The lowest BCUT2D eigenvalue weighted by Crippen LogP contribution is -2.46. The van der Waals surface area contributed by atoms with E-state index in [1.807, 2.05) is 13.8 Å². The maximum absolute atomic E-state index is 12.4. The minimum absolute atomic E-state index is 0.0183. The molecular formula is C13H21N3O6S. The van der Waals surface area contributed by atoms with E-state index in [-0.39, 0.29) is 12.3 Å². The number of methoxy groups -OCH3 is 1. The van der Waals surface area contributed by atoms with Crippen molar-refractivity contribution in [2.24, 2.45) is 20.0 Å². The Morgan fingerprint density at radius 2 is 1.87 bits per heavy atom. The number of carbonyl (C=O) groups excluding carboxylic acids is 1. The smallest absolute Gasteiger partial charge is 0.330 e. The lowest BCUT2D eigenvalue weighted by molar-refractivity contribution is -0.143. The van der Waals surface area contributed by atoms with Gasteiger partial charge in [-0.2, -0.15) is 4.72 Å². The van der Waals surface area contributed by atoms with Crippen molar-refractivity contribution in [3.8, 4) is 0 Å². The van der Waals surface area contributed by atoms with Crippen molar-refractivity contribution < 1.29 is 17.9 Å². The molecule has 1 unspecified atom stereocenters. The summed E-state index contributed by atoms with van der Waals surface area (Å²) in [4.78, 5) is 34.8. The number of aryl methyl sites for hydroxylation is 1. The van der Waals surface area contributed by atoms with Crippen LogP contribution in [0.4, 0.5) is 0 Å². The molecule has 1 heterocycles. The van der Waals surface area contributed by atoms with Crippen LogP contribution in [0, 0.1) is 5.92 Å². The highest BCUT2D eigenvalue weighted by atomic mass is 32.2.